The normalized spacial score (nSPS) is 14.2. The van der Waals surface area contributed by atoms with Crippen molar-refractivity contribution in [3.05, 3.63) is 35.4 Å². The minimum absolute atomic E-state index is 0.105. The molecule has 1 aromatic carbocycles. The van der Waals surface area contributed by atoms with Gasteiger partial charge in [0, 0.05) is 18.7 Å². The van der Waals surface area contributed by atoms with Crippen LogP contribution in [0.3, 0.4) is 0 Å². The highest BCUT2D eigenvalue weighted by Crippen LogP contribution is 2.24. The fourth-order valence-electron chi connectivity index (χ4n) is 2.11. The van der Waals surface area contributed by atoms with Gasteiger partial charge in [0.1, 0.15) is 0 Å². The highest BCUT2D eigenvalue weighted by molar-refractivity contribution is 5.28. The fourth-order valence-corrected chi connectivity index (χ4v) is 2.11. The van der Waals surface area contributed by atoms with Gasteiger partial charge in [-0.2, -0.15) is 0 Å². The molecule has 120 valence electrons. The van der Waals surface area contributed by atoms with Crippen LogP contribution in [0.1, 0.15) is 65.2 Å². The molecule has 21 heavy (non-hydrogen) atoms. The summed E-state index contributed by atoms with van der Waals surface area (Å²) in [6.45, 7) is 17.1. The molecule has 1 unspecified atom stereocenters. The van der Waals surface area contributed by atoms with Crippen molar-refractivity contribution in [1.82, 2.24) is 5.32 Å². The minimum atomic E-state index is 0.105. The second-order valence-corrected chi connectivity index (χ2v) is 8.16. The fraction of sp³-hybridized carbons (Fsp3) is 0.684. The SMILES string of the molecule is Cc1ccccc1C(CNC(C)(C)C)OCCC(C)(C)C. The van der Waals surface area contributed by atoms with Crippen LogP contribution in [0.4, 0.5) is 0 Å². The van der Waals surface area contributed by atoms with Gasteiger partial charge in [0.05, 0.1) is 6.10 Å². The summed E-state index contributed by atoms with van der Waals surface area (Å²) in [7, 11) is 0. The van der Waals surface area contributed by atoms with Crippen molar-refractivity contribution in [1.29, 1.82) is 0 Å². The zero-order chi connectivity index (χ0) is 16.1. The van der Waals surface area contributed by atoms with Crippen LogP contribution in [0.2, 0.25) is 0 Å². The molecule has 2 nitrogen and oxygen atoms in total. The zero-order valence-electron chi connectivity index (χ0n) is 14.9. The van der Waals surface area contributed by atoms with E-state index in [1.807, 2.05) is 0 Å². The van der Waals surface area contributed by atoms with Gasteiger partial charge in [-0.3, -0.25) is 0 Å². The second-order valence-electron chi connectivity index (χ2n) is 8.16. The summed E-state index contributed by atoms with van der Waals surface area (Å²) in [4.78, 5) is 0. The van der Waals surface area contributed by atoms with E-state index in [0.29, 0.717) is 5.41 Å². The first-order chi connectivity index (χ1) is 9.58. The molecule has 1 atom stereocenters. The van der Waals surface area contributed by atoms with Crippen LogP contribution in [-0.2, 0) is 4.74 Å². The third kappa shape index (κ3) is 7.63. The van der Waals surface area contributed by atoms with Crippen molar-refractivity contribution in [3.63, 3.8) is 0 Å². The molecule has 0 radical (unpaired) electrons. The predicted octanol–water partition coefficient (Wildman–Crippen LogP) is 4.88. The molecule has 1 aromatic rings. The molecule has 0 spiro atoms. The largest absolute Gasteiger partial charge is 0.372 e. The van der Waals surface area contributed by atoms with Crippen molar-refractivity contribution >= 4 is 0 Å². The lowest BCUT2D eigenvalue weighted by Gasteiger charge is -2.28. The Labute approximate surface area is 131 Å². The molecule has 1 rings (SSSR count). The molecule has 0 bridgehead atoms. The molecule has 0 saturated carbocycles. The average Bonchev–Trinajstić information content (AvgIpc) is 2.32. The molecular weight excluding hydrogens is 258 g/mol. The third-order valence-electron chi connectivity index (χ3n) is 3.52. The number of hydrogen-bond acceptors (Lipinski definition) is 2. The Kier molecular flexibility index (Phi) is 6.42. The topological polar surface area (TPSA) is 21.3 Å². The van der Waals surface area contributed by atoms with E-state index in [0.717, 1.165) is 19.6 Å². The van der Waals surface area contributed by atoms with E-state index in [-0.39, 0.29) is 11.6 Å². The van der Waals surface area contributed by atoms with Crippen LogP contribution < -0.4 is 5.32 Å². The van der Waals surface area contributed by atoms with E-state index in [1.165, 1.54) is 11.1 Å². The van der Waals surface area contributed by atoms with Gasteiger partial charge in [0.2, 0.25) is 0 Å². The summed E-state index contributed by atoms with van der Waals surface area (Å²) in [6, 6.07) is 8.52. The summed E-state index contributed by atoms with van der Waals surface area (Å²) < 4.78 is 6.22. The highest BCUT2D eigenvalue weighted by Gasteiger charge is 2.19. The van der Waals surface area contributed by atoms with Crippen LogP contribution in [0, 0.1) is 12.3 Å². The summed E-state index contributed by atoms with van der Waals surface area (Å²) in [5.41, 5.74) is 3.01. The van der Waals surface area contributed by atoms with Gasteiger partial charge in [0.15, 0.2) is 0 Å². The number of ether oxygens (including phenoxy) is 1. The van der Waals surface area contributed by atoms with Gasteiger partial charge in [-0.15, -0.1) is 0 Å². The van der Waals surface area contributed by atoms with Gasteiger partial charge in [-0.05, 0) is 50.7 Å². The van der Waals surface area contributed by atoms with E-state index in [1.54, 1.807) is 0 Å². The lowest BCUT2D eigenvalue weighted by Crippen LogP contribution is -2.39. The van der Waals surface area contributed by atoms with E-state index in [9.17, 15) is 0 Å². The second kappa shape index (κ2) is 7.42. The summed E-state index contributed by atoms with van der Waals surface area (Å²) >= 11 is 0. The molecule has 0 aliphatic heterocycles. The number of hydrogen-bond donors (Lipinski definition) is 1. The van der Waals surface area contributed by atoms with Crippen LogP contribution >= 0.6 is 0 Å². The lowest BCUT2D eigenvalue weighted by atomic mass is 9.93. The van der Waals surface area contributed by atoms with E-state index < -0.39 is 0 Å². The summed E-state index contributed by atoms with van der Waals surface area (Å²) in [5, 5.41) is 3.57. The Morgan fingerprint density at radius 1 is 1.05 bits per heavy atom. The van der Waals surface area contributed by atoms with Crippen LogP contribution in [-0.4, -0.2) is 18.7 Å². The molecule has 0 saturated heterocycles. The quantitative estimate of drug-likeness (QED) is 0.806. The van der Waals surface area contributed by atoms with Gasteiger partial charge < -0.3 is 10.1 Å². The van der Waals surface area contributed by atoms with Crippen molar-refractivity contribution in [2.24, 2.45) is 5.41 Å². The Morgan fingerprint density at radius 3 is 2.19 bits per heavy atom. The summed E-state index contributed by atoms with van der Waals surface area (Å²) in [5.74, 6) is 0. The van der Waals surface area contributed by atoms with Gasteiger partial charge in [-0.1, -0.05) is 45.0 Å². The van der Waals surface area contributed by atoms with Gasteiger partial charge in [-0.25, -0.2) is 0 Å². The molecule has 0 amide bonds. The van der Waals surface area contributed by atoms with E-state index >= 15 is 0 Å². The number of rotatable bonds is 6. The molecule has 0 aromatic heterocycles. The molecular formula is C19H33NO. The van der Waals surface area contributed by atoms with Crippen molar-refractivity contribution in [2.75, 3.05) is 13.2 Å². The molecule has 0 aliphatic rings. The Hall–Kier alpha value is -0.860. The van der Waals surface area contributed by atoms with Crippen LogP contribution in [0.5, 0.6) is 0 Å². The number of aryl methyl sites for hydroxylation is 1. The maximum Gasteiger partial charge on any atom is 0.0951 e. The minimum Gasteiger partial charge on any atom is -0.372 e. The lowest BCUT2D eigenvalue weighted by molar-refractivity contribution is 0.0330. The maximum absolute atomic E-state index is 6.22. The van der Waals surface area contributed by atoms with Crippen LogP contribution in [0.15, 0.2) is 24.3 Å². The first-order valence-electron chi connectivity index (χ1n) is 8.01. The molecule has 2 heteroatoms. The molecule has 0 heterocycles. The average molecular weight is 291 g/mol. The first-order valence-corrected chi connectivity index (χ1v) is 8.01. The highest BCUT2D eigenvalue weighted by atomic mass is 16.5. The van der Waals surface area contributed by atoms with Gasteiger partial charge >= 0.3 is 0 Å². The zero-order valence-corrected chi connectivity index (χ0v) is 14.9. The smallest absolute Gasteiger partial charge is 0.0951 e. The number of nitrogens with one attached hydrogen (secondary N) is 1. The Morgan fingerprint density at radius 2 is 1.67 bits per heavy atom. The van der Waals surface area contributed by atoms with Crippen molar-refractivity contribution < 1.29 is 4.74 Å². The Balaban J connectivity index is 2.73. The van der Waals surface area contributed by atoms with Gasteiger partial charge in [0.25, 0.3) is 0 Å². The predicted molar refractivity (Wildman–Crippen MR) is 91.7 cm³/mol. The van der Waals surface area contributed by atoms with Crippen molar-refractivity contribution in [3.8, 4) is 0 Å². The Bertz CT molecular complexity index is 426. The van der Waals surface area contributed by atoms with Crippen molar-refractivity contribution in [2.45, 2.75) is 66.5 Å². The van der Waals surface area contributed by atoms with Crippen LogP contribution in [0.25, 0.3) is 0 Å². The monoisotopic (exact) mass is 291 g/mol. The third-order valence-corrected chi connectivity index (χ3v) is 3.52. The number of benzene rings is 1. The summed E-state index contributed by atoms with van der Waals surface area (Å²) in [6.07, 6.45) is 1.19. The van der Waals surface area contributed by atoms with E-state index in [4.69, 9.17) is 4.74 Å². The first kappa shape index (κ1) is 18.2. The maximum atomic E-state index is 6.22. The molecule has 0 aliphatic carbocycles. The van der Waals surface area contributed by atoms with E-state index in [2.05, 4.69) is 78.0 Å². The molecule has 1 N–H and O–H groups in total. The standard InChI is InChI=1S/C19H33NO/c1-15-10-8-9-11-16(15)17(14-20-19(5,6)7)21-13-12-18(2,3)4/h8-11,17,20H,12-14H2,1-7H3. The molecule has 0 fully saturated rings.